The van der Waals surface area contributed by atoms with Crippen LogP contribution in [0.1, 0.15) is 12.8 Å². The van der Waals surface area contributed by atoms with Crippen molar-refractivity contribution in [1.29, 1.82) is 0 Å². The molecule has 0 aromatic heterocycles. The van der Waals surface area contributed by atoms with Gasteiger partial charge in [0.2, 0.25) is 5.91 Å². The Hall–Kier alpha value is -2.28. The van der Waals surface area contributed by atoms with E-state index < -0.39 is 5.60 Å². The Morgan fingerprint density at radius 2 is 1.89 bits per heavy atom. The van der Waals surface area contributed by atoms with Crippen LogP contribution in [-0.2, 0) is 9.53 Å². The minimum absolute atomic E-state index is 0.230. The van der Waals surface area contributed by atoms with E-state index in [9.17, 15) is 9.59 Å². The quantitative estimate of drug-likeness (QED) is 0.828. The first-order chi connectivity index (χ1) is 13.7. The summed E-state index contributed by atoms with van der Waals surface area (Å²) < 4.78 is 11.5. The van der Waals surface area contributed by atoms with E-state index >= 15 is 0 Å². The molecular formula is C21H27N3O4. The molecule has 1 aromatic carbocycles. The highest BCUT2D eigenvalue weighted by Gasteiger charge is 2.58. The highest BCUT2D eigenvalue weighted by atomic mass is 16.6. The van der Waals surface area contributed by atoms with Gasteiger partial charge in [0.1, 0.15) is 18.0 Å². The third kappa shape index (κ3) is 3.21. The van der Waals surface area contributed by atoms with E-state index in [1.165, 1.54) is 0 Å². The number of piperidine rings is 2. The summed E-state index contributed by atoms with van der Waals surface area (Å²) in [6.07, 6.45) is 1.18. The van der Waals surface area contributed by atoms with Crippen molar-refractivity contribution in [3.05, 3.63) is 30.3 Å². The van der Waals surface area contributed by atoms with Gasteiger partial charge in [-0.2, -0.15) is 0 Å². The summed E-state index contributed by atoms with van der Waals surface area (Å²) in [4.78, 5) is 28.8. The van der Waals surface area contributed by atoms with Gasteiger partial charge in [-0.3, -0.25) is 4.79 Å². The zero-order valence-corrected chi connectivity index (χ0v) is 16.0. The summed E-state index contributed by atoms with van der Waals surface area (Å²) in [6.45, 7) is 4.88. The molecule has 2 amide bonds. The van der Waals surface area contributed by atoms with Crippen LogP contribution < -0.4 is 10.1 Å². The molecule has 1 spiro atoms. The summed E-state index contributed by atoms with van der Waals surface area (Å²) in [5.41, 5.74) is -0.443. The number of amides is 2. The number of fused-ring (bicyclic) bond motifs is 1. The van der Waals surface area contributed by atoms with E-state index in [1.807, 2.05) is 35.2 Å². The molecule has 3 aliphatic heterocycles. The molecule has 4 fully saturated rings. The van der Waals surface area contributed by atoms with E-state index in [0.29, 0.717) is 50.5 Å². The minimum Gasteiger partial charge on any atom is -0.492 e. The van der Waals surface area contributed by atoms with Gasteiger partial charge in [0.15, 0.2) is 0 Å². The van der Waals surface area contributed by atoms with Crippen LogP contribution >= 0.6 is 0 Å². The second-order valence-electron chi connectivity index (χ2n) is 8.47. The minimum atomic E-state index is -0.443. The molecule has 3 saturated heterocycles. The Kier molecular flexibility index (Phi) is 4.42. The van der Waals surface area contributed by atoms with Crippen molar-refractivity contribution in [2.24, 2.45) is 17.8 Å². The summed E-state index contributed by atoms with van der Waals surface area (Å²) in [6, 6.07) is 9.60. The molecule has 4 aliphatic rings. The first kappa shape index (κ1) is 17.8. The molecular weight excluding hydrogens is 358 g/mol. The SMILES string of the molecule is O=C1OC2(CCN(C(=O)C3[C@H]4CNC[C@@H]34)CC2)CN1CCOc1ccccc1. The van der Waals surface area contributed by atoms with Gasteiger partial charge in [-0.15, -0.1) is 0 Å². The van der Waals surface area contributed by atoms with Gasteiger partial charge in [-0.05, 0) is 37.1 Å². The number of hydrogen-bond acceptors (Lipinski definition) is 5. The molecule has 5 rings (SSSR count). The lowest BCUT2D eigenvalue weighted by atomic mass is 9.91. The molecule has 1 aromatic rings. The van der Waals surface area contributed by atoms with Crippen molar-refractivity contribution in [1.82, 2.24) is 15.1 Å². The molecule has 1 unspecified atom stereocenters. The van der Waals surface area contributed by atoms with Gasteiger partial charge in [0, 0.05) is 31.8 Å². The monoisotopic (exact) mass is 385 g/mol. The molecule has 3 atom stereocenters. The van der Waals surface area contributed by atoms with Crippen LogP contribution in [0.3, 0.4) is 0 Å². The van der Waals surface area contributed by atoms with Crippen LogP contribution in [0.15, 0.2) is 30.3 Å². The zero-order chi connectivity index (χ0) is 19.1. The standard InChI is InChI=1S/C21H27N3O4/c25-19(18-16-12-22-13-17(16)18)23-8-6-21(7-9-23)14-24(20(26)28-21)10-11-27-15-4-2-1-3-5-15/h1-5,16-18,22H,6-14H2/t16-,17+,18?. The van der Waals surface area contributed by atoms with Gasteiger partial charge in [-0.1, -0.05) is 18.2 Å². The number of para-hydroxylation sites is 1. The smallest absolute Gasteiger partial charge is 0.410 e. The summed E-state index contributed by atoms with van der Waals surface area (Å²) in [5.74, 6) is 2.44. The highest BCUT2D eigenvalue weighted by Crippen LogP contribution is 2.50. The van der Waals surface area contributed by atoms with E-state index in [4.69, 9.17) is 9.47 Å². The lowest BCUT2D eigenvalue weighted by Crippen LogP contribution is -2.49. The average molecular weight is 385 g/mol. The predicted octanol–water partition coefficient (Wildman–Crippen LogP) is 1.34. The van der Waals surface area contributed by atoms with Crippen LogP contribution in [0.25, 0.3) is 0 Å². The maximum Gasteiger partial charge on any atom is 0.410 e. The molecule has 28 heavy (non-hydrogen) atoms. The largest absolute Gasteiger partial charge is 0.492 e. The van der Waals surface area contributed by atoms with Gasteiger partial charge in [-0.25, -0.2) is 4.79 Å². The fourth-order valence-corrected chi connectivity index (χ4v) is 5.05. The first-order valence-electron chi connectivity index (χ1n) is 10.3. The van der Waals surface area contributed by atoms with Crippen molar-refractivity contribution in [2.45, 2.75) is 18.4 Å². The second kappa shape index (κ2) is 6.95. The number of carbonyl (C=O) groups excluding carboxylic acids is 2. The van der Waals surface area contributed by atoms with Crippen molar-refractivity contribution < 1.29 is 19.1 Å². The highest BCUT2D eigenvalue weighted by molar-refractivity contribution is 5.83. The normalized spacial score (nSPS) is 30.3. The molecule has 0 bridgehead atoms. The van der Waals surface area contributed by atoms with Crippen LogP contribution in [0.5, 0.6) is 5.75 Å². The molecule has 3 heterocycles. The van der Waals surface area contributed by atoms with E-state index in [1.54, 1.807) is 4.90 Å². The van der Waals surface area contributed by atoms with E-state index in [2.05, 4.69) is 5.32 Å². The Bertz CT molecular complexity index is 737. The molecule has 1 N–H and O–H groups in total. The van der Waals surface area contributed by atoms with Crippen LogP contribution in [-0.4, -0.2) is 73.3 Å². The summed E-state index contributed by atoms with van der Waals surface area (Å²) >= 11 is 0. The van der Waals surface area contributed by atoms with Gasteiger partial charge >= 0.3 is 6.09 Å². The number of nitrogens with one attached hydrogen (secondary N) is 1. The number of ether oxygens (including phenoxy) is 2. The lowest BCUT2D eigenvalue weighted by molar-refractivity contribution is -0.136. The lowest BCUT2D eigenvalue weighted by Gasteiger charge is -2.37. The third-order valence-corrected chi connectivity index (χ3v) is 6.78. The third-order valence-electron chi connectivity index (χ3n) is 6.78. The molecule has 0 radical (unpaired) electrons. The average Bonchev–Trinajstić information content (AvgIpc) is 3.03. The van der Waals surface area contributed by atoms with Crippen LogP contribution in [0.2, 0.25) is 0 Å². The number of hydrogen-bond donors (Lipinski definition) is 1. The molecule has 7 nitrogen and oxygen atoms in total. The fraction of sp³-hybridized carbons (Fsp3) is 0.619. The molecule has 1 aliphatic carbocycles. The predicted molar refractivity (Wildman–Crippen MR) is 102 cm³/mol. The Labute approximate surface area is 165 Å². The fourth-order valence-electron chi connectivity index (χ4n) is 5.05. The second-order valence-corrected chi connectivity index (χ2v) is 8.47. The van der Waals surface area contributed by atoms with Crippen molar-refractivity contribution in [3.63, 3.8) is 0 Å². The Balaban J connectivity index is 1.10. The Morgan fingerprint density at radius 3 is 2.61 bits per heavy atom. The van der Waals surface area contributed by atoms with Gasteiger partial charge < -0.3 is 24.6 Å². The molecule has 1 saturated carbocycles. The number of rotatable bonds is 5. The first-order valence-corrected chi connectivity index (χ1v) is 10.3. The number of benzene rings is 1. The van der Waals surface area contributed by atoms with E-state index in [-0.39, 0.29) is 12.0 Å². The molecule has 7 heteroatoms. The van der Waals surface area contributed by atoms with Crippen LogP contribution in [0, 0.1) is 17.8 Å². The van der Waals surface area contributed by atoms with Crippen molar-refractivity contribution in [3.8, 4) is 5.75 Å². The zero-order valence-electron chi connectivity index (χ0n) is 16.0. The van der Waals surface area contributed by atoms with Crippen molar-refractivity contribution >= 4 is 12.0 Å². The maximum atomic E-state index is 12.7. The topological polar surface area (TPSA) is 71.1 Å². The van der Waals surface area contributed by atoms with E-state index in [0.717, 1.165) is 31.7 Å². The van der Waals surface area contributed by atoms with Gasteiger partial charge in [0.05, 0.1) is 13.1 Å². The van der Waals surface area contributed by atoms with Gasteiger partial charge in [0.25, 0.3) is 0 Å². The summed E-state index contributed by atoms with van der Waals surface area (Å²) in [5, 5.41) is 3.34. The van der Waals surface area contributed by atoms with Crippen molar-refractivity contribution in [2.75, 3.05) is 45.9 Å². The number of carbonyl (C=O) groups is 2. The Morgan fingerprint density at radius 1 is 1.18 bits per heavy atom. The number of nitrogens with zero attached hydrogens (tertiary/aromatic N) is 2. The summed E-state index contributed by atoms with van der Waals surface area (Å²) in [7, 11) is 0. The maximum absolute atomic E-state index is 12.7. The molecule has 150 valence electrons. The number of likely N-dealkylation sites (tertiary alicyclic amines) is 1. The van der Waals surface area contributed by atoms with Crippen LogP contribution in [0.4, 0.5) is 4.79 Å².